The molecule has 0 heterocycles. The molecule has 1 rings (SSSR count). The molecule has 0 aliphatic heterocycles. The summed E-state index contributed by atoms with van der Waals surface area (Å²) in [6, 6.07) is 10.1. The molecule has 0 bridgehead atoms. The molecule has 0 aliphatic carbocycles. The van der Waals surface area contributed by atoms with Crippen molar-refractivity contribution in [1.82, 2.24) is 4.90 Å². The van der Waals surface area contributed by atoms with Gasteiger partial charge < -0.3 is 4.74 Å². The molecule has 0 amide bonds. The van der Waals surface area contributed by atoms with Crippen LogP contribution in [0.25, 0.3) is 0 Å². The van der Waals surface area contributed by atoms with Crippen molar-refractivity contribution in [3.63, 3.8) is 0 Å². The van der Waals surface area contributed by atoms with Crippen LogP contribution in [0.2, 0.25) is 0 Å². The summed E-state index contributed by atoms with van der Waals surface area (Å²) < 4.78 is 5.65. The van der Waals surface area contributed by atoms with Gasteiger partial charge in [-0.05, 0) is 27.9 Å². The normalized spacial score (nSPS) is 14.5. The second-order valence-electron chi connectivity index (χ2n) is 3.95. The highest BCUT2D eigenvalue weighted by Crippen LogP contribution is 2.27. The van der Waals surface area contributed by atoms with Crippen LogP contribution in [0.15, 0.2) is 24.3 Å². The molecule has 1 unspecified atom stereocenters. The Hall–Kier alpha value is -1.37. The molecule has 1 atom stereocenters. The van der Waals surface area contributed by atoms with Crippen molar-refractivity contribution in [2.24, 2.45) is 0 Å². The maximum atomic E-state index is 9.41. The van der Waals surface area contributed by atoms with Crippen LogP contribution in [0.4, 0.5) is 0 Å². The Bertz CT molecular complexity index is 395. The van der Waals surface area contributed by atoms with E-state index < -0.39 is 5.72 Å². The van der Waals surface area contributed by atoms with E-state index in [-0.39, 0.29) is 0 Å². The first-order valence-electron chi connectivity index (χ1n) is 5.36. The predicted octanol–water partition coefficient (Wildman–Crippen LogP) is 2.27. The second kappa shape index (κ2) is 5.11. The van der Waals surface area contributed by atoms with Crippen molar-refractivity contribution < 1.29 is 4.74 Å². The molecule has 1 aromatic carbocycles. The maximum absolute atomic E-state index is 9.41. The first-order chi connectivity index (χ1) is 7.56. The van der Waals surface area contributed by atoms with Crippen LogP contribution in [0.1, 0.15) is 18.1 Å². The molecule has 0 saturated carbocycles. The van der Waals surface area contributed by atoms with Gasteiger partial charge in [0.25, 0.3) is 0 Å². The van der Waals surface area contributed by atoms with Gasteiger partial charge in [0.15, 0.2) is 0 Å². The molecule has 0 aliphatic rings. The molecular formula is C13H18N2O. The molecule has 0 spiro atoms. The molecule has 3 heteroatoms. The van der Waals surface area contributed by atoms with Gasteiger partial charge in [-0.25, -0.2) is 0 Å². The lowest BCUT2D eigenvalue weighted by Crippen LogP contribution is -2.42. The van der Waals surface area contributed by atoms with E-state index in [1.165, 1.54) is 0 Å². The van der Waals surface area contributed by atoms with Crippen LogP contribution < -0.4 is 0 Å². The first kappa shape index (κ1) is 12.7. The number of rotatable bonds is 4. The summed E-state index contributed by atoms with van der Waals surface area (Å²) in [4.78, 5) is 1.80. The van der Waals surface area contributed by atoms with Crippen molar-refractivity contribution in [3.8, 4) is 6.07 Å². The van der Waals surface area contributed by atoms with Crippen molar-refractivity contribution in [3.05, 3.63) is 35.4 Å². The van der Waals surface area contributed by atoms with Crippen LogP contribution in [0.5, 0.6) is 0 Å². The summed E-state index contributed by atoms with van der Waals surface area (Å²) in [6.07, 6.45) is 0. The Balaban J connectivity index is 3.25. The summed E-state index contributed by atoms with van der Waals surface area (Å²) in [5, 5.41) is 9.41. The molecule has 3 nitrogen and oxygen atoms in total. The third-order valence-electron chi connectivity index (χ3n) is 2.54. The zero-order valence-corrected chi connectivity index (χ0v) is 10.3. The molecule has 0 N–H and O–H groups in total. The van der Waals surface area contributed by atoms with Crippen molar-refractivity contribution in [1.29, 1.82) is 5.26 Å². The number of hydrogen-bond donors (Lipinski definition) is 0. The van der Waals surface area contributed by atoms with Gasteiger partial charge >= 0.3 is 0 Å². The Morgan fingerprint density at radius 3 is 2.56 bits per heavy atom. The van der Waals surface area contributed by atoms with E-state index in [2.05, 4.69) is 6.07 Å². The summed E-state index contributed by atoms with van der Waals surface area (Å²) in [6.45, 7) is 4.40. The predicted molar refractivity (Wildman–Crippen MR) is 63.8 cm³/mol. The average Bonchev–Trinajstić information content (AvgIpc) is 2.25. The van der Waals surface area contributed by atoms with E-state index in [4.69, 9.17) is 4.74 Å². The third-order valence-corrected chi connectivity index (χ3v) is 2.54. The highest BCUT2D eigenvalue weighted by Gasteiger charge is 2.35. The molecule has 1 aromatic rings. The lowest BCUT2D eigenvalue weighted by molar-refractivity contribution is -0.0963. The quantitative estimate of drug-likeness (QED) is 0.727. The molecular weight excluding hydrogens is 200 g/mol. The summed E-state index contributed by atoms with van der Waals surface area (Å²) >= 11 is 0. The number of benzene rings is 1. The minimum atomic E-state index is -0.985. The molecule has 16 heavy (non-hydrogen) atoms. The van der Waals surface area contributed by atoms with Gasteiger partial charge in [-0.1, -0.05) is 29.8 Å². The molecule has 0 fully saturated rings. The highest BCUT2D eigenvalue weighted by molar-refractivity contribution is 5.31. The van der Waals surface area contributed by atoms with Gasteiger partial charge in [-0.15, -0.1) is 0 Å². The average molecular weight is 218 g/mol. The van der Waals surface area contributed by atoms with Crippen LogP contribution >= 0.6 is 0 Å². The summed E-state index contributed by atoms with van der Waals surface area (Å²) in [5.41, 5.74) is 1.02. The number of hydrogen-bond acceptors (Lipinski definition) is 3. The highest BCUT2D eigenvalue weighted by atomic mass is 16.5. The second-order valence-corrected chi connectivity index (χ2v) is 3.95. The fraction of sp³-hybridized carbons (Fsp3) is 0.462. The number of aryl methyl sites for hydroxylation is 1. The monoisotopic (exact) mass is 218 g/mol. The van der Waals surface area contributed by atoms with Gasteiger partial charge in [0, 0.05) is 12.2 Å². The lowest BCUT2D eigenvalue weighted by Gasteiger charge is -2.33. The Morgan fingerprint density at radius 1 is 1.44 bits per heavy atom. The zero-order chi connectivity index (χ0) is 12.2. The fourth-order valence-corrected chi connectivity index (χ4v) is 1.73. The van der Waals surface area contributed by atoms with Crippen molar-refractivity contribution in [2.45, 2.75) is 19.6 Å². The van der Waals surface area contributed by atoms with E-state index in [9.17, 15) is 5.26 Å². The third kappa shape index (κ3) is 2.24. The Labute approximate surface area is 97.3 Å². The first-order valence-corrected chi connectivity index (χ1v) is 5.36. The maximum Gasteiger partial charge on any atom is 0.236 e. The van der Waals surface area contributed by atoms with Gasteiger partial charge in [0.05, 0.1) is 0 Å². The standard InChI is InChI=1S/C13H18N2O/c1-5-16-13(10-14,15(3)4)12-8-6-7-11(2)9-12/h6-9H,5H2,1-4H3. The van der Waals surface area contributed by atoms with E-state index in [0.29, 0.717) is 6.61 Å². The Kier molecular flexibility index (Phi) is 4.05. The minimum absolute atomic E-state index is 0.500. The minimum Gasteiger partial charge on any atom is -0.344 e. The molecule has 0 saturated heterocycles. The fourth-order valence-electron chi connectivity index (χ4n) is 1.73. The molecule has 0 radical (unpaired) electrons. The summed E-state index contributed by atoms with van der Waals surface area (Å²) in [5.74, 6) is 0. The summed E-state index contributed by atoms with van der Waals surface area (Å²) in [7, 11) is 3.70. The largest absolute Gasteiger partial charge is 0.344 e. The number of ether oxygens (including phenoxy) is 1. The van der Waals surface area contributed by atoms with Crippen LogP contribution in [0, 0.1) is 18.3 Å². The molecule has 86 valence electrons. The smallest absolute Gasteiger partial charge is 0.236 e. The zero-order valence-electron chi connectivity index (χ0n) is 10.3. The van der Waals surface area contributed by atoms with Crippen molar-refractivity contribution in [2.75, 3.05) is 20.7 Å². The van der Waals surface area contributed by atoms with E-state index in [0.717, 1.165) is 11.1 Å². The van der Waals surface area contributed by atoms with E-state index in [1.54, 1.807) is 4.90 Å². The number of nitrogens with zero attached hydrogens (tertiary/aromatic N) is 2. The number of nitriles is 1. The topological polar surface area (TPSA) is 36.3 Å². The van der Waals surface area contributed by atoms with Crippen LogP contribution in [-0.4, -0.2) is 25.6 Å². The van der Waals surface area contributed by atoms with Crippen LogP contribution in [-0.2, 0) is 10.5 Å². The van der Waals surface area contributed by atoms with E-state index >= 15 is 0 Å². The van der Waals surface area contributed by atoms with Gasteiger partial charge in [0.2, 0.25) is 5.72 Å². The lowest BCUT2D eigenvalue weighted by atomic mass is 10.0. The van der Waals surface area contributed by atoms with Gasteiger partial charge in [-0.2, -0.15) is 5.26 Å². The van der Waals surface area contributed by atoms with E-state index in [1.807, 2.05) is 52.2 Å². The SMILES string of the molecule is CCOC(C#N)(c1cccc(C)c1)N(C)C. The van der Waals surface area contributed by atoms with Gasteiger partial charge in [-0.3, -0.25) is 4.90 Å². The van der Waals surface area contributed by atoms with Gasteiger partial charge in [0.1, 0.15) is 6.07 Å². The molecule has 0 aromatic heterocycles. The van der Waals surface area contributed by atoms with Crippen molar-refractivity contribution >= 4 is 0 Å². The van der Waals surface area contributed by atoms with Crippen LogP contribution in [0.3, 0.4) is 0 Å². The Morgan fingerprint density at radius 2 is 2.12 bits per heavy atom.